The largest absolute Gasteiger partial charge is 0.378 e. The first kappa shape index (κ1) is 33.3. The van der Waals surface area contributed by atoms with E-state index in [1.807, 2.05) is 11.3 Å². The van der Waals surface area contributed by atoms with Crippen LogP contribution in [0.5, 0.6) is 0 Å². The number of anilines is 3. The SMILES string of the molecule is CC1(C)c2ccccc2-c2c1n1c3c(cccc23)-c2cc3c(sc4ccccc43)c3c2B1c1cccc2c1N3c1ccccc1[SH]2(I)(c1ccccc1)c1ccccc1. The topological polar surface area (TPSA) is 8.17 Å². The number of para-hydroxylation sites is 3. The van der Waals surface area contributed by atoms with Gasteiger partial charge in [-0.25, -0.2) is 0 Å². The fraction of sp³-hybridized carbons (Fsp3) is 0.0566. The molecule has 0 saturated heterocycles. The van der Waals surface area contributed by atoms with Crippen LogP contribution in [-0.2, 0) is 5.41 Å². The summed E-state index contributed by atoms with van der Waals surface area (Å²) in [4.78, 5) is 8.33. The van der Waals surface area contributed by atoms with Gasteiger partial charge in [-0.2, -0.15) is 6.33 Å². The predicted octanol–water partition coefficient (Wildman–Crippen LogP) is 14.0. The van der Waals surface area contributed by atoms with E-state index in [0.717, 1.165) is 0 Å². The summed E-state index contributed by atoms with van der Waals surface area (Å²) >= 11 is 4.97. The molecule has 0 atom stereocenters. The number of thiol groups is 1. The molecule has 0 fully saturated rings. The Hall–Kier alpha value is -5.54. The molecule has 0 bridgehead atoms. The minimum absolute atomic E-state index is 0.0300. The molecule has 14 rings (SSSR count). The molecule has 10 aromatic rings. The number of fused-ring (bicyclic) bond motifs is 15. The molecule has 0 spiro atoms. The van der Waals surface area contributed by atoms with Gasteiger partial charge in [0, 0.05) is 58.4 Å². The smallest absolute Gasteiger partial charge is 0.332 e. The lowest BCUT2D eigenvalue weighted by molar-refractivity contribution is 0.632. The average Bonchev–Trinajstić information content (AvgIpc) is 3.92. The zero-order chi connectivity index (χ0) is 39.0. The van der Waals surface area contributed by atoms with Crippen molar-refractivity contribution in [1.29, 1.82) is 0 Å². The first-order valence-electron chi connectivity index (χ1n) is 20.5. The Morgan fingerprint density at radius 1 is 0.576 bits per heavy atom. The molecular weight excluding hydrogens is 866 g/mol. The van der Waals surface area contributed by atoms with Crippen molar-refractivity contribution in [3.63, 3.8) is 0 Å². The van der Waals surface area contributed by atoms with Gasteiger partial charge in [0.05, 0.1) is 21.8 Å². The van der Waals surface area contributed by atoms with E-state index in [1.165, 1.54) is 112 Å². The monoisotopic (exact) mass is 902 g/mol. The lowest BCUT2D eigenvalue weighted by Crippen LogP contribution is -2.58. The van der Waals surface area contributed by atoms with Crippen molar-refractivity contribution in [2.75, 3.05) is 4.90 Å². The van der Waals surface area contributed by atoms with Crippen molar-refractivity contribution in [1.82, 2.24) is 4.48 Å². The normalized spacial score (nSPS) is 17.2. The summed E-state index contributed by atoms with van der Waals surface area (Å²) < 4.78 is 5.52. The maximum Gasteiger partial charge on any atom is 0.332 e. The highest BCUT2D eigenvalue weighted by Gasteiger charge is 2.57. The molecule has 0 N–H and O–H groups in total. The van der Waals surface area contributed by atoms with E-state index in [-0.39, 0.29) is 12.3 Å². The number of rotatable bonds is 2. The van der Waals surface area contributed by atoms with Crippen molar-refractivity contribution in [3.8, 4) is 22.3 Å². The van der Waals surface area contributed by atoms with Crippen LogP contribution in [0.2, 0.25) is 0 Å². The number of thiophene rings is 1. The number of halogens is 1. The van der Waals surface area contributed by atoms with Crippen molar-refractivity contribution in [3.05, 3.63) is 187 Å². The minimum atomic E-state index is -3.43. The number of aromatic nitrogens is 1. The van der Waals surface area contributed by atoms with Crippen LogP contribution in [0.1, 0.15) is 25.1 Å². The molecular formula is C53H36BIN2S2. The second kappa shape index (κ2) is 11.0. The Labute approximate surface area is 359 Å². The molecule has 280 valence electrons. The Morgan fingerprint density at radius 3 is 2.03 bits per heavy atom. The summed E-state index contributed by atoms with van der Waals surface area (Å²) in [6.07, 6.45) is -3.43. The summed E-state index contributed by atoms with van der Waals surface area (Å²) in [5.74, 6) is 0. The molecule has 6 heteroatoms. The van der Waals surface area contributed by atoms with Gasteiger partial charge >= 0.3 is 6.85 Å². The van der Waals surface area contributed by atoms with Gasteiger partial charge in [0.25, 0.3) is 0 Å². The Kier molecular flexibility index (Phi) is 6.20. The third-order valence-electron chi connectivity index (χ3n) is 14.3. The summed E-state index contributed by atoms with van der Waals surface area (Å²) in [6.45, 7) is 4.89. The molecule has 4 aliphatic rings. The number of hydrogen-bond acceptors (Lipinski definition) is 2. The van der Waals surface area contributed by atoms with Gasteiger partial charge < -0.3 is 9.38 Å². The fourth-order valence-corrected chi connectivity index (χ4v) is 22.7. The van der Waals surface area contributed by atoms with E-state index >= 15 is 0 Å². The Morgan fingerprint density at radius 2 is 1.22 bits per heavy atom. The molecule has 5 heterocycles. The van der Waals surface area contributed by atoms with E-state index in [9.17, 15) is 0 Å². The van der Waals surface area contributed by atoms with E-state index in [1.54, 1.807) is 0 Å². The minimum Gasteiger partial charge on any atom is -0.378 e. The van der Waals surface area contributed by atoms with Crippen LogP contribution in [0.3, 0.4) is 0 Å². The molecule has 0 amide bonds. The molecule has 59 heavy (non-hydrogen) atoms. The Bertz CT molecular complexity index is 3490. The maximum atomic E-state index is 3.01. The molecule has 0 radical (unpaired) electrons. The van der Waals surface area contributed by atoms with Crippen molar-refractivity contribution in [2.24, 2.45) is 0 Å². The lowest BCUT2D eigenvalue weighted by Gasteiger charge is -2.63. The van der Waals surface area contributed by atoms with E-state index in [4.69, 9.17) is 0 Å². The van der Waals surface area contributed by atoms with Crippen LogP contribution in [0, 0.1) is 0 Å². The van der Waals surface area contributed by atoms with Gasteiger partial charge in [0.2, 0.25) is 0 Å². The quantitative estimate of drug-likeness (QED) is 0.103. The third-order valence-corrected chi connectivity index (χ3v) is 27.0. The van der Waals surface area contributed by atoms with Gasteiger partial charge in [0.15, 0.2) is 0 Å². The second-order valence-electron chi connectivity index (χ2n) is 17.2. The zero-order valence-corrected chi connectivity index (χ0v) is 36.3. The van der Waals surface area contributed by atoms with Crippen LogP contribution in [0.4, 0.5) is 17.1 Å². The van der Waals surface area contributed by atoms with Crippen molar-refractivity contribution in [2.45, 2.75) is 38.8 Å². The van der Waals surface area contributed by atoms with Crippen molar-refractivity contribution >= 4 is 105 Å². The second-order valence-corrected chi connectivity index (χ2v) is 28.1. The maximum absolute atomic E-state index is 3.43. The fourth-order valence-electron chi connectivity index (χ4n) is 12.1. The molecule has 8 aromatic carbocycles. The highest BCUT2D eigenvalue weighted by atomic mass is 127. The lowest BCUT2D eigenvalue weighted by atomic mass is 9.44. The molecule has 1 aliphatic carbocycles. The standard InChI is InChI=1S/C53H36BIN2S2/c1-53(2)40-25-11-9-22-36(40)46-37-24-15-23-35-38-31-39-34-21-10-13-28-43(34)58-51(39)50-47(38)54(57(48(35)37)52(46)53)41-26-16-30-45-49(41)56(50)42-27-12-14-29-44(42)59(45,55,32-17-5-3-6-18-32)33-19-7-4-8-20-33/h3-31,59H,1-2H3. The van der Waals surface area contributed by atoms with E-state index in [0.29, 0.717) is 0 Å². The Balaban J connectivity index is 1.24. The number of benzene rings is 8. The molecule has 2 aromatic heterocycles. The first-order chi connectivity index (χ1) is 28.9. The first-order valence-corrected chi connectivity index (χ1v) is 26.4. The van der Waals surface area contributed by atoms with Crippen LogP contribution in [-0.4, -0.2) is 11.3 Å². The number of nitrogens with zero attached hydrogens (tertiary/aromatic N) is 2. The van der Waals surface area contributed by atoms with Crippen LogP contribution in [0.25, 0.3) is 53.3 Å². The molecule has 0 saturated carbocycles. The van der Waals surface area contributed by atoms with E-state index in [2.05, 4.69) is 220 Å². The third kappa shape index (κ3) is 3.64. The van der Waals surface area contributed by atoms with Crippen LogP contribution in [0.15, 0.2) is 196 Å². The van der Waals surface area contributed by atoms with Gasteiger partial charge in [0.1, 0.15) is 0 Å². The summed E-state index contributed by atoms with van der Waals surface area (Å²) in [7, 11) is 0. The summed E-state index contributed by atoms with van der Waals surface area (Å²) in [5, 5.41) is 4.04. The molecule has 0 unspecified atom stereocenters. The van der Waals surface area contributed by atoms with Crippen LogP contribution >= 0.6 is 38.9 Å². The highest BCUT2D eigenvalue weighted by molar-refractivity contribution is 14.2. The van der Waals surface area contributed by atoms with E-state index < -0.39 is 6.33 Å². The summed E-state index contributed by atoms with van der Waals surface area (Å²) in [5.41, 5.74) is 16.3. The molecule has 2 nitrogen and oxygen atoms in total. The van der Waals surface area contributed by atoms with Gasteiger partial charge in [-0.1, -0.05) is 159 Å². The van der Waals surface area contributed by atoms with Gasteiger partial charge in [-0.3, -0.25) is 0 Å². The van der Waals surface area contributed by atoms with Crippen molar-refractivity contribution < 1.29 is 0 Å². The average molecular weight is 903 g/mol. The van der Waals surface area contributed by atoms with Gasteiger partial charge in [-0.15, -0.1) is 11.3 Å². The zero-order valence-electron chi connectivity index (χ0n) is 32.4. The number of hydrogen-bond donors (Lipinski definition) is 1. The molecule has 3 aliphatic heterocycles. The van der Waals surface area contributed by atoms with Gasteiger partial charge in [-0.05, 0) is 88.9 Å². The van der Waals surface area contributed by atoms with Crippen LogP contribution < -0.4 is 15.8 Å². The highest BCUT2D eigenvalue weighted by Crippen LogP contribution is 2.98. The predicted molar refractivity (Wildman–Crippen MR) is 262 cm³/mol. The summed E-state index contributed by atoms with van der Waals surface area (Å²) in [6, 6.07) is 67.6.